The molecule has 0 radical (unpaired) electrons. The van der Waals surface area contributed by atoms with E-state index in [1.807, 2.05) is 0 Å². The highest BCUT2D eigenvalue weighted by Crippen LogP contribution is 2.29. The maximum atomic E-state index is 3.49. The van der Waals surface area contributed by atoms with Crippen molar-refractivity contribution in [2.24, 2.45) is 0 Å². The zero-order valence-corrected chi connectivity index (χ0v) is 9.68. The molecule has 2 fully saturated rings. The number of hydrogen-bond donors (Lipinski definition) is 1. The van der Waals surface area contributed by atoms with Crippen molar-refractivity contribution in [3.05, 3.63) is 0 Å². The molecule has 1 aliphatic carbocycles. The molecule has 14 heavy (non-hydrogen) atoms. The lowest BCUT2D eigenvalue weighted by molar-refractivity contribution is 0.0988. The Balaban J connectivity index is 1.93. The van der Waals surface area contributed by atoms with Crippen LogP contribution in [0, 0.1) is 0 Å². The molecule has 0 aromatic heterocycles. The summed E-state index contributed by atoms with van der Waals surface area (Å²) in [5, 5.41) is 3.49. The van der Waals surface area contributed by atoms with Crippen molar-refractivity contribution >= 4 is 0 Å². The van der Waals surface area contributed by atoms with Gasteiger partial charge in [0.2, 0.25) is 0 Å². The van der Waals surface area contributed by atoms with Crippen molar-refractivity contribution in [2.45, 2.75) is 57.0 Å². The van der Waals surface area contributed by atoms with Gasteiger partial charge in [0, 0.05) is 18.1 Å². The molecule has 82 valence electrons. The van der Waals surface area contributed by atoms with Gasteiger partial charge in [-0.1, -0.05) is 12.8 Å². The third-order valence-corrected chi connectivity index (χ3v) is 4.17. The van der Waals surface area contributed by atoms with E-state index in [2.05, 4.69) is 24.2 Å². The fraction of sp³-hybridized carbons (Fsp3) is 1.00. The molecule has 2 aliphatic rings. The van der Waals surface area contributed by atoms with Crippen molar-refractivity contribution < 1.29 is 0 Å². The van der Waals surface area contributed by atoms with E-state index < -0.39 is 0 Å². The molecular weight excluding hydrogens is 172 g/mol. The molecule has 1 N–H and O–H groups in total. The Morgan fingerprint density at radius 1 is 1.21 bits per heavy atom. The average molecular weight is 196 g/mol. The monoisotopic (exact) mass is 196 g/mol. The Morgan fingerprint density at radius 3 is 2.57 bits per heavy atom. The van der Waals surface area contributed by atoms with E-state index >= 15 is 0 Å². The van der Waals surface area contributed by atoms with Crippen LogP contribution >= 0.6 is 0 Å². The van der Waals surface area contributed by atoms with Crippen LogP contribution in [-0.4, -0.2) is 36.6 Å². The molecule has 2 heteroatoms. The fourth-order valence-corrected chi connectivity index (χ4v) is 3.06. The van der Waals surface area contributed by atoms with Gasteiger partial charge in [-0.15, -0.1) is 0 Å². The molecule has 1 atom stereocenters. The maximum absolute atomic E-state index is 3.49. The number of piperidine rings is 1. The second-order valence-electron chi connectivity index (χ2n) is 5.32. The van der Waals surface area contributed by atoms with Gasteiger partial charge >= 0.3 is 0 Å². The van der Waals surface area contributed by atoms with Gasteiger partial charge in [-0.05, 0) is 46.2 Å². The summed E-state index contributed by atoms with van der Waals surface area (Å²) >= 11 is 0. The molecule has 0 spiro atoms. The van der Waals surface area contributed by atoms with Gasteiger partial charge in [-0.25, -0.2) is 0 Å². The highest BCUT2D eigenvalue weighted by atomic mass is 15.2. The highest BCUT2D eigenvalue weighted by Gasteiger charge is 2.33. The molecule has 2 nitrogen and oxygen atoms in total. The summed E-state index contributed by atoms with van der Waals surface area (Å²) in [6, 6.07) is 0.906. The zero-order valence-electron chi connectivity index (χ0n) is 9.68. The predicted molar refractivity (Wildman–Crippen MR) is 60.5 cm³/mol. The normalized spacial score (nSPS) is 36.4. The van der Waals surface area contributed by atoms with E-state index in [4.69, 9.17) is 0 Å². The SMILES string of the molecule is CNC1(C)CCCN(C2CCCC2)C1. The molecule has 1 saturated heterocycles. The number of hydrogen-bond acceptors (Lipinski definition) is 2. The molecule has 0 aromatic rings. The third-order valence-electron chi connectivity index (χ3n) is 4.17. The van der Waals surface area contributed by atoms with Crippen molar-refractivity contribution in [1.82, 2.24) is 10.2 Å². The van der Waals surface area contributed by atoms with Crippen LogP contribution in [0.25, 0.3) is 0 Å². The third kappa shape index (κ3) is 2.12. The van der Waals surface area contributed by atoms with Crippen LogP contribution in [0.1, 0.15) is 45.4 Å². The number of likely N-dealkylation sites (N-methyl/N-ethyl adjacent to an activating group) is 1. The second kappa shape index (κ2) is 4.19. The Morgan fingerprint density at radius 2 is 1.93 bits per heavy atom. The molecule has 1 aliphatic heterocycles. The molecule has 0 bridgehead atoms. The van der Waals surface area contributed by atoms with Crippen LogP contribution in [0.4, 0.5) is 0 Å². The number of nitrogens with zero attached hydrogens (tertiary/aromatic N) is 1. The van der Waals surface area contributed by atoms with E-state index in [0.717, 1.165) is 6.04 Å². The van der Waals surface area contributed by atoms with Gasteiger partial charge in [-0.3, -0.25) is 4.90 Å². The summed E-state index contributed by atoms with van der Waals surface area (Å²) < 4.78 is 0. The number of nitrogens with one attached hydrogen (secondary N) is 1. The van der Waals surface area contributed by atoms with E-state index in [1.165, 1.54) is 51.6 Å². The minimum absolute atomic E-state index is 0.376. The number of rotatable bonds is 2. The van der Waals surface area contributed by atoms with Crippen LogP contribution in [0.3, 0.4) is 0 Å². The zero-order chi connectivity index (χ0) is 10.0. The van der Waals surface area contributed by atoms with Gasteiger partial charge in [0.15, 0.2) is 0 Å². The van der Waals surface area contributed by atoms with Crippen LogP contribution in [0.15, 0.2) is 0 Å². The van der Waals surface area contributed by atoms with Crippen LogP contribution in [-0.2, 0) is 0 Å². The van der Waals surface area contributed by atoms with Gasteiger partial charge < -0.3 is 5.32 Å². The lowest BCUT2D eigenvalue weighted by Crippen LogP contribution is -2.55. The summed E-state index contributed by atoms with van der Waals surface area (Å²) in [7, 11) is 2.11. The van der Waals surface area contributed by atoms with Gasteiger partial charge in [0.05, 0.1) is 0 Å². The van der Waals surface area contributed by atoms with Gasteiger partial charge in [0.1, 0.15) is 0 Å². The van der Waals surface area contributed by atoms with Crippen molar-refractivity contribution in [1.29, 1.82) is 0 Å². The first-order valence-corrected chi connectivity index (χ1v) is 6.16. The second-order valence-corrected chi connectivity index (χ2v) is 5.32. The molecule has 0 amide bonds. The van der Waals surface area contributed by atoms with Crippen LogP contribution < -0.4 is 5.32 Å². The highest BCUT2D eigenvalue weighted by molar-refractivity contribution is 4.92. The summed E-state index contributed by atoms with van der Waals surface area (Å²) in [4.78, 5) is 2.73. The summed E-state index contributed by atoms with van der Waals surface area (Å²) in [6.07, 6.45) is 8.51. The van der Waals surface area contributed by atoms with E-state index in [9.17, 15) is 0 Å². The lowest BCUT2D eigenvalue weighted by atomic mass is 9.90. The van der Waals surface area contributed by atoms with Gasteiger partial charge in [-0.2, -0.15) is 0 Å². The number of likely N-dealkylation sites (tertiary alicyclic amines) is 1. The van der Waals surface area contributed by atoms with Crippen molar-refractivity contribution in [2.75, 3.05) is 20.1 Å². The first-order valence-electron chi connectivity index (χ1n) is 6.16. The first-order chi connectivity index (χ1) is 6.73. The Labute approximate surface area is 88.1 Å². The minimum atomic E-state index is 0.376. The molecule has 1 saturated carbocycles. The minimum Gasteiger partial charge on any atom is -0.313 e. The van der Waals surface area contributed by atoms with Crippen molar-refractivity contribution in [3.8, 4) is 0 Å². The molecule has 1 unspecified atom stereocenters. The topological polar surface area (TPSA) is 15.3 Å². The quantitative estimate of drug-likeness (QED) is 0.727. The maximum Gasteiger partial charge on any atom is 0.0278 e. The standard InChI is InChI=1S/C12H24N2/c1-12(13-2)8-5-9-14(10-12)11-6-3-4-7-11/h11,13H,3-10H2,1-2H3. The van der Waals surface area contributed by atoms with Crippen LogP contribution in [0.5, 0.6) is 0 Å². The Bertz CT molecular complexity index is 187. The summed E-state index contributed by atoms with van der Waals surface area (Å²) in [5.41, 5.74) is 0.376. The Kier molecular flexibility index (Phi) is 3.13. The van der Waals surface area contributed by atoms with Crippen molar-refractivity contribution in [3.63, 3.8) is 0 Å². The Hall–Kier alpha value is -0.0800. The van der Waals surface area contributed by atoms with E-state index in [0.29, 0.717) is 5.54 Å². The van der Waals surface area contributed by atoms with Crippen LogP contribution in [0.2, 0.25) is 0 Å². The molecule has 0 aromatic carbocycles. The van der Waals surface area contributed by atoms with E-state index in [-0.39, 0.29) is 0 Å². The molecule has 2 rings (SSSR count). The molecular formula is C12H24N2. The van der Waals surface area contributed by atoms with E-state index in [1.54, 1.807) is 0 Å². The average Bonchev–Trinajstić information content (AvgIpc) is 2.71. The van der Waals surface area contributed by atoms with Gasteiger partial charge in [0.25, 0.3) is 0 Å². The summed E-state index contributed by atoms with van der Waals surface area (Å²) in [5.74, 6) is 0. The smallest absolute Gasteiger partial charge is 0.0278 e. The fourth-order valence-electron chi connectivity index (χ4n) is 3.06. The first kappa shape index (κ1) is 10.4. The largest absolute Gasteiger partial charge is 0.313 e. The molecule has 1 heterocycles. The summed E-state index contributed by atoms with van der Waals surface area (Å²) in [6.45, 7) is 4.96. The predicted octanol–water partition coefficient (Wildman–Crippen LogP) is 2.00. The lowest BCUT2D eigenvalue weighted by Gasteiger charge is -2.43.